The zero-order valence-corrected chi connectivity index (χ0v) is 20.1. The number of nitrogens with zero attached hydrogens (tertiary/aromatic N) is 1. The quantitative estimate of drug-likeness (QED) is 0.660. The van der Waals surface area contributed by atoms with Crippen molar-refractivity contribution in [3.63, 3.8) is 0 Å². The van der Waals surface area contributed by atoms with Gasteiger partial charge in [0.05, 0.1) is 16.7 Å². The predicted octanol–water partition coefficient (Wildman–Crippen LogP) is 4.71. The van der Waals surface area contributed by atoms with E-state index in [9.17, 15) is 14.7 Å². The number of aliphatic hydroxyl groups excluding tert-OH is 1. The van der Waals surface area contributed by atoms with Crippen LogP contribution in [0.3, 0.4) is 0 Å². The minimum atomic E-state index is -0.519. The predicted molar refractivity (Wildman–Crippen MR) is 126 cm³/mol. The smallest absolute Gasteiger partial charge is 0.260 e. The molecule has 1 heterocycles. The Morgan fingerprint density at radius 1 is 1.10 bits per heavy atom. The topological polar surface area (TPSA) is 83.6 Å². The van der Waals surface area contributed by atoms with Gasteiger partial charge in [0.15, 0.2) is 0 Å². The van der Waals surface area contributed by atoms with Crippen LogP contribution in [0.25, 0.3) is 0 Å². The molecule has 170 valence electrons. The summed E-state index contributed by atoms with van der Waals surface area (Å²) in [5.41, 5.74) is 6.19. The van der Waals surface area contributed by atoms with Crippen molar-refractivity contribution in [3.05, 3.63) is 15.8 Å². The SMILES string of the molecule is CC(C)(C)C#Cc1cc(N(C(=O)[C@H]2CC[C@@H](C)CC2)[C@H]2CC[C@@H](O)CC2)c(C(N)=O)s1. The number of anilines is 1. The van der Waals surface area contributed by atoms with Gasteiger partial charge in [0.2, 0.25) is 5.91 Å². The van der Waals surface area contributed by atoms with E-state index >= 15 is 0 Å². The molecule has 6 heteroatoms. The van der Waals surface area contributed by atoms with E-state index in [0.29, 0.717) is 29.3 Å². The molecule has 3 rings (SSSR count). The maximum absolute atomic E-state index is 13.8. The molecule has 1 aromatic heterocycles. The zero-order chi connectivity index (χ0) is 22.8. The molecular formula is C25H36N2O3S. The van der Waals surface area contributed by atoms with Crippen molar-refractivity contribution in [1.82, 2.24) is 0 Å². The Morgan fingerprint density at radius 2 is 1.71 bits per heavy atom. The average Bonchev–Trinajstić information content (AvgIpc) is 3.12. The number of hydrogen-bond acceptors (Lipinski definition) is 4. The average molecular weight is 445 g/mol. The van der Waals surface area contributed by atoms with E-state index in [1.54, 1.807) is 0 Å². The number of amides is 2. The second-order valence-corrected chi connectivity index (χ2v) is 11.4. The molecule has 3 N–H and O–H groups in total. The summed E-state index contributed by atoms with van der Waals surface area (Å²) in [6, 6.07) is 1.85. The van der Waals surface area contributed by atoms with Gasteiger partial charge in [0.25, 0.3) is 5.91 Å². The highest BCUT2D eigenvalue weighted by atomic mass is 32.1. The first-order chi connectivity index (χ1) is 14.5. The molecule has 2 aliphatic rings. The fourth-order valence-electron chi connectivity index (χ4n) is 4.56. The van der Waals surface area contributed by atoms with Crippen LogP contribution in [-0.4, -0.2) is 29.1 Å². The second kappa shape index (κ2) is 9.75. The number of carbonyl (C=O) groups is 2. The minimum absolute atomic E-state index is 0.0206. The third-order valence-electron chi connectivity index (χ3n) is 6.39. The Balaban J connectivity index is 1.99. The first-order valence-corrected chi connectivity index (χ1v) is 12.3. The van der Waals surface area contributed by atoms with Gasteiger partial charge in [-0.1, -0.05) is 18.8 Å². The van der Waals surface area contributed by atoms with E-state index in [-0.39, 0.29) is 29.4 Å². The van der Waals surface area contributed by atoms with Crippen molar-refractivity contribution >= 4 is 28.8 Å². The molecular weight excluding hydrogens is 408 g/mol. The van der Waals surface area contributed by atoms with Gasteiger partial charge in [-0.15, -0.1) is 11.3 Å². The van der Waals surface area contributed by atoms with Gasteiger partial charge < -0.3 is 15.7 Å². The normalized spacial score (nSPS) is 26.6. The van der Waals surface area contributed by atoms with Crippen LogP contribution in [0.15, 0.2) is 6.07 Å². The van der Waals surface area contributed by atoms with Crippen LogP contribution >= 0.6 is 11.3 Å². The summed E-state index contributed by atoms with van der Waals surface area (Å²) >= 11 is 1.27. The molecule has 2 fully saturated rings. The fraction of sp³-hybridized carbons (Fsp3) is 0.680. The molecule has 1 aromatic rings. The van der Waals surface area contributed by atoms with E-state index in [2.05, 4.69) is 18.8 Å². The molecule has 2 amide bonds. The number of carbonyl (C=O) groups excluding carboxylic acids is 2. The molecule has 0 unspecified atom stereocenters. The maximum atomic E-state index is 13.8. The monoisotopic (exact) mass is 444 g/mol. The summed E-state index contributed by atoms with van der Waals surface area (Å²) < 4.78 is 0. The van der Waals surface area contributed by atoms with Crippen molar-refractivity contribution < 1.29 is 14.7 Å². The molecule has 0 bridgehead atoms. The first-order valence-electron chi connectivity index (χ1n) is 11.5. The fourth-order valence-corrected chi connectivity index (χ4v) is 5.42. The molecule has 0 saturated heterocycles. The Kier molecular flexibility index (Phi) is 7.49. The summed E-state index contributed by atoms with van der Waals surface area (Å²) in [6.45, 7) is 8.36. The molecule has 0 radical (unpaired) electrons. The molecule has 2 saturated carbocycles. The number of primary amides is 1. The highest BCUT2D eigenvalue weighted by Gasteiger charge is 2.37. The van der Waals surface area contributed by atoms with E-state index < -0.39 is 5.91 Å². The van der Waals surface area contributed by atoms with Crippen molar-refractivity contribution in [3.8, 4) is 11.8 Å². The lowest BCUT2D eigenvalue weighted by molar-refractivity contribution is -0.124. The Bertz CT molecular complexity index is 858. The molecule has 0 spiro atoms. The molecule has 31 heavy (non-hydrogen) atoms. The summed E-state index contributed by atoms with van der Waals surface area (Å²) in [5, 5.41) is 10.00. The van der Waals surface area contributed by atoms with Gasteiger partial charge in [-0.2, -0.15) is 0 Å². The van der Waals surface area contributed by atoms with Gasteiger partial charge >= 0.3 is 0 Å². The zero-order valence-electron chi connectivity index (χ0n) is 19.2. The molecule has 5 nitrogen and oxygen atoms in total. The molecule has 0 atom stereocenters. The van der Waals surface area contributed by atoms with Gasteiger partial charge in [0, 0.05) is 17.4 Å². The lowest BCUT2D eigenvalue weighted by Gasteiger charge is -2.38. The minimum Gasteiger partial charge on any atom is -0.393 e. The Labute approximate surface area is 190 Å². The Hall–Kier alpha value is -1.84. The van der Waals surface area contributed by atoms with Gasteiger partial charge in [-0.3, -0.25) is 9.59 Å². The second-order valence-electron chi connectivity index (χ2n) is 10.3. The van der Waals surface area contributed by atoms with E-state index in [4.69, 9.17) is 5.73 Å². The van der Waals surface area contributed by atoms with Crippen LogP contribution in [-0.2, 0) is 4.79 Å². The van der Waals surface area contributed by atoms with Crippen molar-refractivity contribution in [2.45, 2.75) is 91.2 Å². The largest absolute Gasteiger partial charge is 0.393 e. The first kappa shape index (κ1) is 23.8. The van der Waals surface area contributed by atoms with E-state index in [1.807, 2.05) is 31.7 Å². The van der Waals surface area contributed by atoms with Crippen LogP contribution in [0.4, 0.5) is 5.69 Å². The van der Waals surface area contributed by atoms with E-state index in [1.165, 1.54) is 11.3 Å². The number of hydrogen-bond donors (Lipinski definition) is 2. The molecule has 0 aliphatic heterocycles. The lowest BCUT2D eigenvalue weighted by Crippen LogP contribution is -2.47. The van der Waals surface area contributed by atoms with Crippen molar-refractivity contribution in [2.24, 2.45) is 23.0 Å². The Morgan fingerprint density at radius 3 is 2.26 bits per heavy atom. The van der Waals surface area contributed by atoms with E-state index in [0.717, 1.165) is 43.4 Å². The van der Waals surface area contributed by atoms with Crippen LogP contribution in [0, 0.1) is 29.1 Å². The van der Waals surface area contributed by atoms with Crippen LogP contribution in [0.1, 0.15) is 93.6 Å². The van der Waals surface area contributed by atoms with Crippen molar-refractivity contribution in [2.75, 3.05) is 4.90 Å². The van der Waals surface area contributed by atoms with Crippen LogP contribution < -0.4 is 10.6 Å². The summed E-state index contributed by atoms with van der Waals surface area (Å²) in [5.74, 6) is 6.60. The third-order valence-corrected chi connectivity index (χ3v) is 7.44. The van der Waals surface area contributed by atoms with Gasteiger partial charge in [-0.05, 0) is 84.1 Å². The number of rotatable bonds is 4. The highest BCUT2D eigenvalue weighted by Crippen LogP contribution is 2.38. The highest BCUT2D eigenvalue weighted by molar-refractivity contribution is 7.15. The van der Waals surface area contributed by atoms with Crippen molar-refractivity contribution in [1.29, 1.82) is 0 Å². The summed E-state index contributed by atoms with van der Waals surface area (Å²) in [7, 11) is 0. The number of thiophene rings is 1. The lowest BCUT2D eigenvalue weighted by atomic mass is 9.81. The standard InChI is InChI=1S/C25H36N2O3S/c1-16-5-7-17(8-6-16)24(30)27(18-9-11-19(28)12-10-18)21-15-20(13-14-25(2,3)4)31-22(21)23(26)29/h15-19,28H,5-12H2,1-4H3,(H2,26,29)/t16-,17+,18-,19+. The third kappa shape index (κ3) is 6.11. The van der Waals surface area contributed by atoms with Gasteiger partial charge in [0.1, 0.15) is 4.88 Å². The van der Waals surface area contributed by atoms with Crippen LogP contribution in [0.5, 0.6) is 0 Å². The summed E-state index contributed by atoms with van der Waals surface area (Å²) in [4.78, 5) is 29.1. The van der Waals surface area contributed by atoms with Gasteiger partial charge in [-0.25, -0.2) is 0 Å². The summed E-state index contributed by atoms with van der Waals surface area (Å²) in [6.07, 6.45) is 6.38. The maximum Gasteiger partial charge on any atom is 0.260 e. The van der Waals surface area contributed by atoms with Crippen LogP contribution in [0.2, 0.25) is 0 Å². The number of nitrogens with two attached hydrogens (primary N) is 1. The molecule has 2 aliphatic carbocycles. The molecule has 0 aromatic carbocycles. The number of aliphatic hydroxyl groups is 1.